The Balaban J connectivity index is 2.27. The van der Waals surface area contributed by atoms with Gasteiger partial charge in [-0.3, -0.25) is 0 Å². The first-order chi connectivity index (χ1) is 8.19. The first-order valence-corrected chi connectivity index (χ1v) is 5.05. The molecule has 0 atom stereocenters. The predicted molar refractivity (Wildman–Crippen MR) is 62.6 cm³/mol. The summed E-state index contributed by atoms with van der Waals surface area (Å²) in [7, 11) is 1.54. The average Bonchev–Trinajstić information content (AvgIpc) is 2.34. The number of nitrogens with one attached hydrogen (secondary N) is 1. The van der Waals surface area contributed by atoms with Gasteiger partial charge in [0, 0.05) is 17.8 Å². The molecule has 2 nitrogen and oxygen atoms in total. The topological polar surface area (TPSA) is 21.3 Å². The molecule has 4 heteroatoms. The minimum Gasteiger partial charge on any atom is -0.497 e. The highest BCUT2D eigenvalue weighted by Crippen LogP contribution is 2.23. The molecule has 1 N–H and O–H groups in total. The molecular weight excluding hydrogens is 224 g/mol. The zero-order valence-corrected chi connectivity index (χ0v) is 9.21. The van der Waals surface area contributed by atoms with Crippen molar-refractivity contribution in [3.63, 3.8) is 0 Å². The zero-order valence-electron chi connectivity index (χ0n) is 9.21. The highest BCUT2D eigenvalue weighted by molar-refractivity contribution is 5.61. The summed E-state index contributed by atoms with van der Waals surface area (Å²) in [5.41, 5.74) is 0.729. The largest absolute Gasteiger partial charge is 0.497 e. The SMILES string of the molecule is COc1cccc(Nc2cc(F)ccc2F)c1. The molecule has 0 fully saturated rings. The molecule has 0 amide bonds. The summed E-state index contributed by atoms with van der Waals surface area (Å²) >= 11 is 0. The van der Waals surface area contributed by atoms with Crippen LogP contribution in [0.1, 0.15) is 0 Å². The fourth-order valence-electron chi connectivity index (χ4n) is 1.45. The predicted octanol–water partition coefficient (Wildman–Crippen LogP) is 3.72. The van der Waals surface area contributed by atoms with Crippen LogP contribution in [0.25, 0.3) is 0 Å². The van der Waals surface area contributed by atoms with Crippen molar-refractivity contribution in [2.24, 2.45) is 0 Å². The van der Waals surface area contributed by atoms with E-state index in [9.17, 15) is 8.78 Å². The molecule has 0 aliphatic heterocycles. The van der Waals surface area contributed by atoms with E-state index >= 15 is 0 Å². The standard InChI is InChI=1S/C13H11F2NO/c1-17-11-4-2-3-10(8-11)16-13-7-9(14)5-6-12(13)15/h2-8,16H,1H3. The van der Waals surface area contributed by atoms with Crippen LogP contribution in [0.2, 0.25) is 0 Å². The Labute approximate surface area is 97.8 Å². The molecule has 2 aromatic rings. The minimum atomic E-state index is -0.505. The van der Waals surface area contributed by atoms with E-state index in [0.717, 1.165) is 18.2 Å². The third-order valence-electron chi connectivity index (χ3n) is 2.28. The van der Waals surface area contributed by atoms with Gasteiger partial charge in [-0.05, 0) is 24.3 Å². The third-order valence-corrected chi connectivity index (χ3v) is 2.28. The number of hydrogen-bond donors (Lipinski definition) is 1. The van der Waals surface area contributed by atoms with Gasteiger partial charge >= 0.3 is 0 Å². The molecular formula is C13H11F2NO. The number of halogens is 2. The van der Waals surface area contributed by atoms with Gasteiger partial charge in [-0.1, -0.05) is 6.07 Å². The van der Waals surface area contributed by atoms with Gasteiger partial charge in [0.25, 0.3) is 0 Å². The van der Waals surface area contributed by atoms with E-state index in [1.807, 2.05) is 0 Å². The Kier molecular flexibility index (Phi) is 3.23. The Morgan fingerprint density at radius 1 is 1.06 bits per heavy atom. The van der Waals surface area contributed by atoms with Crippen LogP contribution in [0.15, 0.2) is 42.5 Å². The zero-order chi connectivity index (χ0) is 12.3. The smallest absolute Gasteiger partial charge is 0.146 e. The first-order valence-electron chi connectivity index (χ1n) is 5.05. The van der Waals surface area contributed by atoms with Crippen molar-refractivity contribution in [2.45, 2.75) is 0 Å². The highest BCUT2D eigenvalue weighted by Gasteiger charge is 2.04. The lowest BCUT2D eigenvalue weighted by molar-refractivity contribution is 0.415. The lowest BCUT2D eigenvalue weighted by Gasteiger charge is -2.08. The maximum absolute atomic E-state index is 13.4. The molecule has 0 aliphatic carbocycles. The van der Waals surface area contributed by atoms with Gasteiger partial charge in [0.1, 0.15) is 17.4 Å². The minimum absolute atomic E-state index is 0.0956. The number of hydrogen-bond acceptors (Lipinski definition) is 2. The summed E-state index contributed by atoms with van der Waals surface area (Å²) in [4.78, 5) is 0. The van der Waals surface area contributed by atoms with Crippen LogP contribution in [0.3, 0.4) is 0 Å². The second-order valence-electron chi connectivity index (χ2n) is 3.48. The summed E-state index contributed by atoms with van der Waals surface area (Å²) in [5, 5.41) is 2.79. The Morgan fingerprint density at radius 3 is 2.65 bits per heavy atom. The number of rotatable bonds is 3. The van der Waals surface area contributed by atoms with Gasteiger partial charge in [-0.25, -0.2) is 8.78 Å². The summed E-state index contributed by atoms with van der Waals surface area (Å²) < 4.78 is 31.4. The number of benzene rings is 2. The van der Waals surface area contributed by atoms with Crippen LogP contribution in [-0.2, 0) is 0 Å². The van der Waals surface area contributed by atoms with Crippen molar-refractivity contribution in [3.8, 4) is 5.75 Å². The van der Waals surface area contributed by atoms with E-state index in [1.165, 1.54) is 0 Å². The highest BCUT2D eigenvalue weighted by atomic mass is 19.1. The molecule has 0 saturated carbocycles. The molecule has 0 unspecified atom stereocenters. The van der Waals surface area contributed by atoms with Crippen molar-refractivity contribution in [2.75, 3.05) is 12.4 Å². The van der Waals surface area contributed by atoms with Crippen LogP contribution in [0.5, 0.6) is 5.75 Å². The Bertz CT molecular complexity index is 529. The van der Waals surface area contributed by atoms with Gasteiger partial charge in [0.15, 0.2) is 0 Å². The quantitative estimate of drug-likeness (QED) is 0.875. The molecule has 0 aromatic heterocycles. The van der Waals surface area contributed by atoms with Crippen molar-refractivity contribution in [1.29, 1.82) is 0 Å². The number of anilines is 2. The molecule has 0 spiro atoms. The van der Waals surface area contributed by atoms with E-state index in [2.05, 4.69) is 5.32 Å². The van der Waals surface area contributed by atoms with Crippen LogP contribution >= 0.6 is 0 Å². The average molecular weight is 235 g/mol. The summed E-state index contributed by atoms with van der Waals surface area (Å²) in [6.45, 7) is 0. The second-order valence-corrected chi connectivity index (χ2v) is 3.48. The molecule has 17 heavy (non-hydrogen) atoms. The molecule has 0 aliphatic rings. The second kappa shape index (κ2) is 4.82. The lowest BCUT2D eigenvalue weighted by Crippen LogP contribution is -1.95. The molecule has 0 bridgehead atoms. The molecule has 0 heterocycles. The molecule has 88 valence electrons. The first kappa shape index (κ1) is 11.4. The van der Waals surface area contributed by atoms with Crippen molar-refractivity contribution >= 4 is 11.4 Å². The molecule has 0 radical (unpaired) electrons. The molecule has 2 aromatic carbocycles. The van der Waals surface area contributed by atoms with E-state index in [-0.39, 0.29) is 5.69 Å². The summed E-state index contributed by atoms with van der Waals surface area (Å²) in [6, 6.07) is 10.2. The molecule has 0 saturated heterocycles. The van der Waals surface area contributed by atoms with Crippen LogP contribution in [0, 0.1) is 11.6 Å². The maximum Gasteiger partial charge on any atom is 0.146 e. The number of ether oxygens (including phenoxy) is 1. The third kappa shape index (κ3) is 2.72. The maximum atomic E-state index is 13.4. The molecule has 2 rings (SSSR count). The van der Waals surface area contributed by atoms with E-state index in [0.29, 0.717) is 11.4 Å². The summed E-state index contributed by atoms with van der Waals surface area (Å²) in [5.74, 6) is -0.349. The number of methoxy groups -OCH3 is 1. The van der Waals surface area contributed by atoms with Gasteiger partial charge in [-0.2, -0.15) is 0 Å². The van der Waals surface area contributed by atoms with Crippen molar-refractivity contribution in [3.05, 3.63) is 54.1 Å². The van der Waals surface area contributed by atoms with E-state index < -0.39 is 11.6 Å². The fraction of sp³-hybridized carbons (Fsp3) is 0.0769. The Morgan fingerprint density at radius 2 is 1.88 bits per heavy atom. The summed E-state index contributed by atoms with van der Waals surface area (Å²) in [6.07, 6.45) is 0. The van der Waals surface area contributed by atoms with Gasteiger partial charge < -0.3 is 10.1 Å². The van der Waals surface area contributed by atoms with E-state index in [4.69, 9.17) is 4.74 Å². The normalized spacial score (nSPS) is 10.1. The Hall–Kier alpha value is -2.10. The van der Waals surface area contributed by atoms with E-state index in [1.54, 1.807) is 31.4 Å². The monoisotopic (exact) mass is 235 g/mol. The van der Waals surface area contributed by atoms with Gasteiger partial charge in [-0.15, -0.1) is 0 Å². The van der Waals surface area contributed by atoms with Crippen LogP contribution < -0.4 is 10.1 Å². The fourth-order valence-corrected chi connectivity index (χ4v) is 1.45. The van der Waals surface area contributed by atoms with Gasteiger partial charge in [0.05, 0.1) is 12.8 Å². The van der Waals surface area contributed by atoms with Crippen LogP contribution in [0.4, 0.5) is 20.2 Å². The lowest BCUT2D eigenvalue weighted by atomic mass is 10.2. The van der Waals surface area contributed by atoms with Crippen molar-refractivity contribution < 1.29 is 13.5 Å². The van der Waals surface area contributed by atoms with Gasteiger partial charge in [0.2, 0.25) is 0 Å². The van der Waals surface area contributed by atoms with Crippen LogP contribution in [-0.4, -0.2) is 7.11 Å². The van der Waals surface area contributed by atoms with Crippen molar-refractivity contribution in [1.82, 2.24) is 0 Å².